The number of benzene rings is 1. The van der Waals surface area contributed by atoms with Crippen molar-refractivity contribution < 1.29 is 17.9 Å². The van der Waals surface area contributed by atoms with Gasteiger partial charge in [0.25, 0.3) is 15.9 Å². The molecule has 24 heavy (non-hydrogen) atoms. The lowest BCUT2D eigenvalue weighted by atomic mass is 10.3. The number of hydrogen-bond acceptors (Lipinski definition) is 5. The molecule has 0 saturated carbocycles. The molecule has 1 amide bonds. The van der Waals surface area contributed by atoms with Crippen molar-refractivity contribution in [3.63, 3.8) is 0 Å². The van der Waals surface area contributed by atoms with Crippen LogP contribution in [-0.4, -0.2) is 30.5 Å². The molecule has 0 bridgehead atoms. The van der Waals surface area contributed by atoms with Crippen molar-refractivity contribution in [2.24, 2.45) is 5.73 Å². The summed E-state index contributed by atoms with van der Waals surface area (Å²) in [5.41, 5.74) is 6.18. The van der Waals surface area contributed by atoms with E-state index in [-0.39, 0.29) is 11.5 Å². The molecular formula is C15H14N4O4S. The van der Waals surface area contributed by atoms with Crippen LogP contribution in [0, 0.1) is 0 Å². The number of rotatable bonds is 6. The number of carbonyl (C=O) groups is 1. The fraction of sp³-hybridized carbons (Fsp3) is 0.0667. The molecule has 0 aliphatic rings. The third-order valence-electron chi connectivity index (χ3n) is 3.17. The van der Waals surface area contributed by atoms with Crippen molar-refractivity contribution in [1.82, 2.24) is 9.61 Å². The topological polar surface area (TPSA) is 116 Å². The Hall–Kier alpha value is -3.07. The maximum Gasteiger partial charge on any atom is 0.261 e. The molecular weight excluding hydrogens is 332 g/mol. The molecule has 0 aliphatic carbocycles. The molecule has 0 spiro atoms. The van der Waals surface area contributed by atoms with Crippen molar-refractivity contribution in [2.75, 3.05) is 11.3 Å². The first-order valence-corrected chi connectivity index (χ1v) is 8.40. The summed E-state index contributed by atoms with van der Waals surface area (Å²) in [6.45, 7) is -0.268. The van der Waals surface area contributed by atoms with Gasteiger partial charge in [0.1, 0.15) is 5.75 Å². The lowest BCUT2D eigenvalue weighted by Gasteiger charge is -2.09. The molecule has 124 valence electrons. The number of carbonyl (C=O) groups excluding carboxylic acids is 1. The lowest BCUT2D eigenvalue weighted by molar-refractivity contribution is -0.119. The zero-order chi connectivity index (χ0) is 17.2. The van der Waals surface area contributed by atoms with Gasteiger partial charge in [0.05, 0.1) is 16.1 Å². The third kappa shape index (κ3) is 3.46. The zero-order valence-electron chi connectivity index (χ0n) is 12.4. The number of sulfonamides is 1. The number of nitrogens with zero attached hydrogens (tertiary/aromatic N) is 2. The van der Waals surface area contributed by atoms with Gasteiger partial charge in [-0.2, -0.15) is 5.10 Å². The van der Waals surface area contributed by atoms with Gasteiger partial charge in [-0.3, -0.25) is 9.52 Å². The van der Waals surface area contributed by atoms with Gasteiger partial charge in [-0.05, 0) is 42.5 Å². The Morgan fingerprint density at radius 3 is 2.67 bits per heavy atom. The maximum absolute atomic E-state index is 12.4. The molecule has 1 aromatic carbocycles. The van der Waals surface area contributed by atoms with Crippen LogP contribution >= 0.6 is 0 Å². The van der Waals surface area contributed by atoms with Crippen LogP contribution in [0.25, 0.3) is 5.52 Å². The summed E-state index contributed by atoms with van der Waals surface area (Å²) in [6, 6.07) is 10.7. The molecule has 0 radical (unpaired) electrons. The molecule has 0 unspecified atom stereocenters. The standard InChI is InChI=1S/C15H14N4O4S/c16-15(20)10-23-13-1-3-14(4-2-13)24(21,22)18-11-6-8-19-12(9-11)5-7-17-19/h1-9,18H,10H2,(H2,16,20). The Morgan fingerprint density at radius 1 is 1.21 bits per heavy atom. The quantitative estimate of drug-likeness (QED) is 0.691. The van der Waals surface area contributed by atoms with Crippen LogP contribution in [0.1, 0.15) is 0 Å². The van der Waals surface area contributed by atoms with E-state index in [0.717, 1.165) is 5.52 Å². The molecule has 2 aromatic heterocycles. The first kappa shape index (κ1) is 15.8. The predicted octanol–water partition coefficient (Wildman–Crippen LogP) is 0.999. The van der Waals surface area contributed by atoms with Crippen LogP contribution in [0.5, 0.6) is 5.75 Å². The molecule has 0 aliphatic heterocycles. The lowest BCUT2D eigenvalue weighted by Crippen LogP contribution is -2.20. The number of primary amides is 1. The Kier molecular flexibility index (Phi) is 4.09. The molecule has 0 fully saturated rings. The predicted molar refractivity (Wildman–Crippen MR) is 87.1 cm³/mol. The summed E-state index contributed by atoms with van der Waals surface area (Å²) >= 11 is 0. The second kappa shape index (κ2) is 6.20. The fourth-order valence-electron chi connectivity index (χ4n) is 2.07. The second-order valence-corrected chi connectivity index (χ2v) is 6.63. The van der Waals surface area contributed by atoms with Gasteiger partial charge in [-0.15, -0.1) is 0 Å². The molecule has 8 nitrogen and oxygen atoms in total. The minimum Gasteiger partial charge on any atom is -0.484 e. The molecule has 9 heteroatoms. The number of nitrogens with one attached hydrogen (secondary N) is 1. The number of pyridine rings is 1. The van der Waals surface area contributed by atoms with Crippen LogP contribution in [0.3, 0.4) is 0 Å². The molecule has 3 N–H and O–H groups in total. The molecule has 0 saturated heterocycles. The average molecular weight is 346 g/mol. The van der Waals surface area contributed by atoms with E-state index in [1.807, 2.05) is 0 Å². The summed E-state index contributed by atoms with van der Waals surface area (Å²) in [4.78, 5) is 10.7. The van der Waals surface area contributed by atoms with E-state index in [0.29, 0.717) is 11.4 Å². The van der Waals surface area contributed by atoms with Gasteiger partial charge in [0.15, 0.2) is 6.61 Å². The second-order valence-electron chi connectivity index (χ2n) is 4.95. The van der Waals surface area contributed by atoms with E-state index in [4.69, 9.17) is 10.5 Å². The van der Waals surface area contributed by atoms with Crippen LogP contribution in [-0.2, 0) is 14.8 Å². The van der Waals surface area contributed by atoms with Gasteiger partial charge >= 0.3 is 0 Å². The minimum atomic E-state index is -3.74. The Balaban J connectivity index is 1.78. The SMILES string of the molecule is NC(=O)COc1ccc(S(=O)(=O)Nc2ccn3nccc3c2)cc1. The van der Waals surface area contributed by atoms with Crippen LogP contribution in [0.15, 0.2) is 59.8 Å². The van der Waals surface area contributed by atoms with Crippen LogP contribution in [0.2, 0.25) is 0 Å². The van der Waals surface area contributed by atoms with Crippen molar-refractivity contribution in [3.05, 3.63) is 54.9 Å². The van der Waals surface area contributed by atoms with Gasteiger partial charge in [0, 0.05) is 12.4 Å². The zero-order valence-corrected chi connectivity index (χ0v) is 13.2. The monoisotopic (exact) mass is 346 g/mol. The Morgan fingerprint density at radius 2 is 1.96 bits per heavy atom. The number of ether oxygens (including phenoxy) is 1. The average Bonchev–Trinajstić information content (AvgIpc) is 3.00. The third-order valence-corrected chi connectivity index (χ3v) is 4.56. The fourth-order valence-corrected chi connectivity index (χ4v) is 3.12. The van der Waals surface area contributed by atoms with E-state index >= 15 is 0 Å². The number of fused-ring (bicyclic) bond motifs is 1. The number of hydrogen-bond donors (Lipinski definition) is 2. The minimum absolute atomic E-state index is 0.0716. The van der Waals surface area contributed by atoms with Crippen molar-refractivity contribution >= 4 is 27.1 Å². The number of aromatic nitrogens is 2. The van der Waals surface area contributed by atoms with Gasteiger partial charge in [-0.1, -0.05) is 0 Å². The molecule has 2 heterocycles. The van der Waals surface area contributed by atoms with E-state index in [1.165, 1.54) is 24.3 Å². The highest BCUT2D eigenvalue weighted by Crippen LogP contribution is 2.20. The Labute approximate surface area is 137 Å². The smallest absolute Gasteiger partial charge is 0.261 e. The summed E-state index contributed by atoms with van der Waals surface area (Å²) in [7, 11) is -3.74. The molecule has 0 atom stereocenters. The number of nitrogens with two attached hydrogens (primary N) is 1. The highest BCUT2D eigenvalue weighted by atomic mass is 32.2. The largest absolute Gasteiger partial charge is 0.484 e. The van der Waals surface area contributed by atoms with Crippen LogP contribution in [0.4, 0.5) is 5.69 Å². The number of anilines is 1. The summed E-state index contributed by atoms with van der Waals surface area (Å²) in [6.07, 6.45) is 3.28. The van der Waals surface area contributed by atoms with Crippen molar-refractivity contribution in [1.29, 1.82) is 0 Å². The van der Waals surface area contributed by atoms with Gasteiger partial charge in [0.2, 0.25) is 0 Å². The van der Waals surface area contributed by atoms with Crippen molar-refractivity contribution in [2.45, 2.75) is 4.90 Å². The summed E-state index contributed by atoms with van der Waals surface area (Å²) in [5.74, 6) is -0.253. The van der Waals surface area contributed by atoms with Gasteiger partial charge in [-0.25, -0.2) is 12.9 Å². The van der Waals surface area contributed by atoms with E-state index < -0.39 is 15.9 Å². The molecule has 3 aromatic rings. The van der Waals surface area contributed by atoms with E-state index in [9.17, 15) is 13.2 Å². The van der Waals surface area contributed by atoms with Gasteiger partial charge < -0.3 is 10.5 Å². The van der Waals surface area contributed by atoms with E-state index in [1.54, 1.807) is 35.1 Å². The normalized spacial score (nSPS) is 11.3. The first-order chi connectivity index (χ1) is 11.4. The first-order valence-electron chi connectivity index (χ1n) is 6.91. The van der Waals surface area contributed by atoms with Crippen molar-refractivity contribution in [3.8, 4) is 5.75 Å². The van der Waals surface area contributed by atoms with E-state index in [2.05, 4.69) is 9.82 Å². The number of amides is 1. The highest BCUT2D eigenvalue weighted by Gasteiger charge is 2.14. The van der Waals surface area contributed by atoms with Crippen LogP contribution < -0.4 is 15.2 Å². The molecule has 3 rings (SSSR count). The summed E-state index contributed by atoms with van der Waals surface area (Å²) in [5, 5.41) is 4.05. The highest BCUT2D eigenvalue weighted by molar-refractivity contribution is 7.92. The maximum atomic E-state index is 12.4. The Bertz CT molecular complexity index is 980. The summed E-state index contributed by atoms with van der Waals surface area (Å²) < 4.78 is 34.0.